The molecule has 1 amide bonds. The van der Waals surface area contributed by atoms with Gasteiger partial charge < -0.3 is 14.8 Å². The summed E-state index contributed by atoms with van der Waals surface area (Å²) in [6.45, 7) is 11.6. The molecule has 1 fully saturated rings. The van der Waals surface area contributed by atoms with Gasteiger partial charge in [-0.1, -0.05) is 0 Å². The number of hydrogen-bond donors (Lipinski definition) is 2. The molecular formula is C18H28N2O3. The molecule has 0 saturated carbocycles. The number of anilines is 1. The first-order chi connectivity index (χ1) is 10.7. The summed E-state index contributed by atoms with van der Waals surface area (Å²) in [7, 11) is 0. The lowest BCUT2D eigenvalue weighted by molar-refractivity contribution is 0.0554. The molecule has 1 aromatic carbocycles. The Labute approximate surface area is 138 Å². The van der Waals surface area contributed by atoms with Gasteiger partial charge in [-0.3, -0.25) is 5.32 Å². The molecule has 5 heteroatoms. The molecule has 2 rings (SSSR count). The molecule has 0 radical (unpaired) electrons. The number of hydrogen-bond acceptors (Lipinski definition) is 4. The average Bonchev–Trinajstić information content (AvgIpc) is 2.40. The molecule has 1 aliphatic heterocycles. The summed E-state index contributed by atoms with van der Waals surface area (Å²) in [6, 6.07) is 5.71. The quantitative estimate of drug-likeness (QED) is 0.888. The average molecular weight is 320 g/mol. The van der Waals surface area contributed by atoms with Crippen molar-refractivity contribution in [2.24, 2.45) is 0 Å². The maximum absolute atomic E-state index is 11.9. The molecule has 0 spiro atoms. The zero-order valence-electron chi connectivity index (χ0n) is 14.8. The Balaban J connectivity index is 2.01. The first-order valence-electron chi connectivity index (χ1n) is 8.17. The Hall–Kier alpha value is -1.75. The fourth-order valence-electron chi connectivity index (χ4n) is 2.60. The zero-order valence-corrected chi connectivity index (χ0v) is 14.8. The second-order valence-electron chi connectivity index (χ2n) is 7.41. The van der Waals surface area contributed by atoms with Gasteiger partial charge in [-0.15, -0.1) is 0 Å². The number of rotatable bonds is 3. The van der Waals surface area contributed by atoms with Crippen molar-refractivity contribution in [3.63, 3.8) is 0 Å². The van der Waals surface area contributed by atoms with Crippen LogP contribution in [0.2, 0.25) is 0 Å². The predicted molar refractivity (Wildman–Crippen MR) is 92.2 cm³/mol. The lowest BCUT2D eigenvalue weighted by Gasteiger charge is -2.34. The summed E-state index contributed by atoms with van der Waals surface area (Å²) in [5.41, 5.74) is 1.05. The van der Waals surface area contributed by atoms with Crippen LogP contribution in [-0.4, -0.2) is 30.4 Å². The summed E-state index contributed by atoms with van der Waals surface area (Å²) >= 11 is 0. The molecule has 0 bridgehead atoms. The van der Waals surface area contributed by atoms with Crippen molar-refractivity contribution in [1.29, 1.82) is 0 Å². The fourth-order valence-corrected chi connectivity index (χ4v) is 2.60. The first-order valence-corrected chi connectivity index (χ1v) is 8.17. The van der Waals surface area contributed by atoms with Gasteiger partial charge in [0.15, 0.2) is 0 Å². The van der Waals surface area contributed by atoms with Crippen LogP contribution in [0.3, 0.4) is 0 Å². The van der Waals surface area contributed by atoms with Crippen LogP contribution in [0, 0.1) is 6.92 Å². The number of amides is 1. The third-order valence-electron chi connectivity index (χ3n) is 3.86. The normalized spacial score (nSPS) is 17.4. The minimum Gasteiger partial charge on any atom is -0.487 e. The van der Waals surface area contributed by atoms with Crippen LogP contribution < -0.4 is 15.4 Å². The maximum Gasteiger partial charge on any atom is 0.412 e. The van der Waals surface area contributed by atoms with E-state index in [9.17, 15) is 4.79 Å². The van der Waals surface area contributed by atoms with E-state index in [1.807, 2.05) is 45.9 Å². The van der Waals surface area contributed by atoms with Gasteiger partial charge >= 0.3 is 6.09 Å². The molecule has 1 saturated heterocycles. The number of nitrogens with one attached hydrogen (secondary N) is 2. The van der Waals surface area contributed by atoms with Gasteiger partial charge in [0.1, 0.15) is 17.0 Å². The molecule has 0 aromatic heterocycles. The van der Waals surface area contributed by atoms with Crippen LogP contribution in [-0.2, 0) is 4.74 Å². The van der Waals surface area contributed by atoms with Crippen LogP contribution in [0.5, 0.6) is 5.75 Å². The number of carbonyl (C=O) groups is 1. The van der Waals surface area contributed by atoms with E-state index < -0.39 is 11.7 Å². The van der Waals surface area contributed by atoms with Crippen molar-refractivity contribution in [3.05, 3.63) is 23.8 Å². The van der Waals surface area contributed by atoms with E-state index in [-0.39, 0.29) is 5.60 Å². The monoisotopic (exact) mass is 320 g/mol. The van der Waals surface area contributed by atoms with Crippen molar-refractivity contribution in [1.82, 2.24) is 5.32 Å². The molecule has 1 aromatic rings. The molecule has 0 unspecified atom stereocenters. The second kappa shape index (κ2) is 6.79. The zero-order chi connectivity index (χ0) is 17.1. The lowest BCUT2D eigenvalue weighted by atomic mass is 9.94. The van der Waals surface area contributed by atoms with Gasteiger partial charge in [-0.25, -0.2) is 4.79 Å². The molecular weight excluding hydrogens is 292 g/mol. The number of carbonyl (C=O) groups excluding carboxylic acids is 1. The molecule has 0 atom stereocenters. The third-order valence-corrected chi connectivity index (χ3v) is 3.86. The number of ether oxygens (including phenoxy) is 2. The second-order valence-corrected chi connectivity index (χ2v) is 7.41. The number of benzene rings is 1. The fraction of sp³-hybridized carbons (Fsp3) is 0.611. The number of piperidine rings is 1. The lowest BCUT2D eigenvalue weighted by Crippen LogP contribution is -2.43. The van der Waals surface area contributed by atoms with Crippen molar-refractivity contribution in [2.45, 2.75) is 58.7 Å². The van der Waals surface area contributed by atoms with E-state index >= 15 is 0 Å². The van der Waals surface area contributed by atoms with E-state index in [1.165, 1.54) is 0 Å². The van der Waals surface area contributed by atoms with E-state index in [2.05, 4.69) is 17.6 Å². The van der Waals surface area contributed by atoms with Crippen LogP contribution in [0.25, 0.3) is 0 Å². The Kier molecular flexibility index (Phi) is 5.19. The van der Waals surface area contributed by atoms with Gasteiger partial charge in [0.25, 0.3) is 0 Å². The van der Waals surface area contributed by atoms with E-state index in [4.69, 9.17) is 9.47 Å². The van der Waals surface area contributed by atoms with E-state index in [1.54, 1.807) is 0 Å². The predicted octanol–water partition coefficient (Wildman–Crippen LogP) is 3.86. The van der Waals surface area contributed by atoms with Gasteiger partial charge in [0.05, 0.1) is 0 Å². The van der Waals surface area contributed by atoms with E-state index in [0.717, 1.165) is 42.9 Å². The summed E-state index contributed by atoms with van der Waals surface area (Å²) in [6.07, 6.45) is 1.54. The highest BCUT2D eigenvalue weighted by Crippen LogP contribution is 2.29. The van der Waals surface area contributed by atoms with Crippen LogP contribution >= 0.6 is 0 Å². The highest BCUT2D eigenvalue weighted by atomic mass is 16.6. The highest BCUT2D eigenvalue weighted by Gasteiger charge is 2.28. The van der Waals surface area contributed by atoms with Crippen molar-refractivity contribution in [2.75, 3.05) is 18.4 Å². The molecule has 128 valence electrons. The minimum absolute atomic E-state index is 0.127. The number of aryl methyl sites for hydroxylation is 1. The molecule has 5 nitrogen and oxygen atoms in total. The standard InChI is InChI=1S/C18H28N2O3/c1-13-12-14(22-18(5)8-10-19-11-9-18)6-7-15(13)20-16(21)23-17(2,3)4/h6-7,12,19H,8-11H2,1-5H3,(H,20,21). The Morgan fingerprint density at radius 2 is 1.91 bits per heavy atom. The summed E-state index contributed by atoms with van der Waals surface area (Å²) < 4.78 is 11.5. The SMILES string of the molecule is Cc1cc(OC2(C)CCNCC2)ccc1NC(=O)OC(C)(C)C. The summed E-state index contributed by atoms with van der Waals surface area (Å²) in [4.78, 5) is 11.9. The van der Waals surface area contributed by atoms with Crippen molar-refractivity contribution in [3.8, 4) is 5.75 Å². The Bertz CT molecular complexity index is 558. The molecule has 1 heterocycles. The van der Waals surface area contributed by atoms with Gasteiger partial charge in [-0.05, 0) is 84.3 Å². The largest absolute Gasteiger partial charge is 0.487 e. The smallest absolute Gasteiger partial charge is 0.412 e. The Morgan fingerprint density at radius 1 is 1.26 bits per heavy atom. The van der Waals surface area contributed by atoms with Crippen molar-refractivity contribution < 1.29 is 14.3 Å². The van der Waals surface area contributed by atoms with Gasteiger partial charge in [-0.2, -0.15) is 0 Å². The third kappa shape index (κ3) is 5.43. The highest BCUT2D eigenvalue weighted by molar-refractivity contribution is 5.86. The molecule has 1 aliphatic rings. The minimum atomic E-state index is -0.509. The van der Waals surface area contributed by atoms with Gasteiger partial charge in [0, 0.05) is 5.69 Å². The first kappa shape index (κ1) is 17.6. The maximum atomic E-state index is 11.9. The topological polar surface area (TPSA) is 59.6 Å². The van der Waals surface area contributed by atoms with E-state index in [0.29, 0.717) is 0 Å². The molecule has 23 heavy (non-hydrogen) atoms. The van der Waals surface area contributed by atoms with Crippen LogP contribution in [0.4, 0.5) is 10.5 Å². The summed E-state index contributed by atoms with van der Waals surface area (Å²) in [5, 5.41) is 6.13. The van der Waals surface area contributed by atoms with Crippen molar-refractivity contribution >= 4 is 11.8 Å². The Morgan fingerprint density at radius 3 is 2.48 bits per heavy atom. The van der Waals surface area contributed by atoms with Crippen LogP contribution in [0.15, 0.2) is 18.2 Å². The van der Waals surface area contributed by atoms with Crippen LogP contribution in [0.1, 0.15) is 46.1 Å². The molecule has 2 N–H and O–H groups in total. The molecule has 0 aliphatic carbocycles. The van der Waals surface area contributed by atoms with Gasteiger partial charge in [0.2, 0.25) is 0 Å². The summed E-state index contributed by atoms with van der Waals surface area (Å²) in [5.74, 6) is 0.835.